The van der Waals surface area contributed by atoms with Crippen LogP contribution in [0.3, 0.4) is 0 Å². The summed E-state index contributed by atoms with van der Waals surface area (Å²) in [6.45, 7) is 1.63. The van der Waals surface area contributed by atoms with E-state index in [-0.39, 0.29) is 11.8 Å². The molecule has 1 aliphatic heterocycles. The van der Waals surface area contributed by atoms with E-state index in [0.29, 0.717) is 25.3 Å². The fraction of sp³-hybridized carbons (Fsp3) is 0.556. The highest BCUT2D eigenvalue weighted by Gasteiger charge is 2.32. The predicted molar refractivity (Wildman–Crippen MR) is 61.7 cm³/mol. The lowest BCUT2D eigenvalue weighted by Gasteiger charge is -2.34. The molecule has 1 aromatic heterocycles. The second-order valence-corrected chi connectivity index (χ2v) is 4.23. The molecule has 2 amide bonds. The number of carbonyl (C=O) groups is 2. The van der Waals surface area contributed by atoms with Crippen molar-refractivity contribution in [2.75, 3.05) is 26.7 Å². The largest absolute Gasteiger partial charge is 0.357 e. The van der Waals surface area contributed by atoms with Crippen LogP contribution in [0.5, 0.6) is 0 Å². The van der Waals surface area contributed by atoms with E-state index in [9.17, 15) is 9.59 Å². The Morgan fingerprint density at radius 1 is 1.65 bits per heavy atom. The van der Waals surface area contributed by atoms with E-state index in [1.165, 1.54) is 4.90 Å². The number of amides is 2. The average molecular weight is 255 g/mol. The molecule has 2 rings (SSSR count). The monoisotopic (exact) mass is 255 g/mol. The number of aromatic nitrogens is 2. The summed E-state index contributed by atoms with van der Waals surface area (Å²) >= 11 is 1.12. The minimum atomic E-state index is -0.483. The molecule has 0 spiro atoms. The minimum absolute atomic E-state index is 0.172. The highest BCUT2D eigenvalue weighted by atomic mass is 32.1. The Bertz CT molecular complexity index is 408. The average Bonchev–Trinajstić information content (AvgIpc) is 2.91. The predicted octanol–water partition coefficient (Wildman–Crippen LogP) is -1.30. The number of carbonyl (C=O) groups excluding carboxylic acids is 2. The van der Waals surface area contributed by atoms with Gasteiger partial charge in [-0.3, -0.25) is 9.59 Å². The van der Waals surface area contributed by atoms with Crippen LogP contribution in [0.15, 0.2) is 5.38 Å². The van der Waals surface area contributed by atoms with E-state index in [4.69, 9.17) is 0 Å². The van der Waals surface area contributed by atoms with Gasteiger partial charge in [-0.25, -0.2) is 0 Å². The molecular formula is C9H13N5O2S. The van der Waals surface area contributed by atoms with Crippen molar-refractivity contribution in [2.45, 2.75) is 6.04 Å². The molecule has 1 aromatic rings. The van der Waals surface area contributed by atoms with Crippen molar-refractivity contribution < 1.29 is 9.59 Å². The molecule has 92 valence electrons. The fourth-order valence-electron chi connectivity index (χ4n) is 1.75. The van der Waals surface area contributed by atoms with Crippen molar-refractivity contribution >= 4 is 23.3 Å². The molecule has 2 heterocycles. The molecular weight excluding hydrogens is 242 g/mol. The molecule has 7 nitrogen and oxygen atoms in total. The molecule has 8 heteroatoms. The molecule has 17 heavy (non-hydrogen) atoms. The quantitative estimate of drug-likeness (QED) is 0.686. The van der Waals surface area contributed by atoms with Gasteiger partial charge >= 0.3 is 0 Å². The van der Waals surface area contributed by atoms with Crippen molar-refractivity contribution in [2.24, 2.45) is 0 Å². The van der Waals surface area contributed by atoms with Crippen LogP contribution in [-0.4, -0.2) is 59.0 Å². The first-order chi connectivity index (χ1) is 8.24. The van der Waals surface area contributed by atoms with E-state index in [2.05, 4.69) is 20.2 Å². The zero-order chi connectivity index (χ0) is 12.3. The molecule has 0 bridgehead atoms. The third kappa shape index (κ3) is 2.42. The van der Waals surface area contributed by atoms with Crippen LogP contribution in [0.4, 0.5) is 0 Å². The molecule has 0 radical (unpaired) electrons. The second-order valence-electron chi connectivity index (χ2n) is 3.62. The van der Waals surface area contributed by atoms with Gasteiger partial charge in [0.05, 0.1) is 0 Å². The van der Waals surface area contributed by atoms with Crippen molar-refractivity contribution in [3.63, 3.8) is 0 Å². The van der Waals surface area contributed by atoms with Crippen LogP contribution in [-0.2, 0) is 4.79 Å². The first kappa shape index (κ1) is 11.9. The zero-order valence-corrected chi connectivity index (χ0v) is 10.2. The molecule has 1 saturated heterocycles. The van der Waals surface area contributed by atoms with Gasteiger partial charge in [-0.1, -0.05) is 4.49 Å². The lowest BCUT2D eigenvalue weighted by molar-refractivity contribution is -0.125. The van der Waals surface area contributed by atoms with Gasteiger partial charge in [-0.05, 0) is 11.5 Å². The molecule has 0 saturated carbocycles. The Morgan fingerprint density at radius 3 is 3.12 bits per heavy atom. The maximum atomic E-state index is 12.1. The van der Waals surface area contributed by atoms with E-state index >= 15 is 0 Å². The summed E-state index contributed by atoms with van der Waals surface area (Å²) in [6.07, 6.45) is 0. The number of hydrogen-bond donors (Lipinski definition) is 2. The third-order valence-corrected chi connectivity index (χ3v) is 3.14. The van der Waals surface area contributed by atoms with Gasteiger partial charge in [0.15, 0.2) is 5.69 Å². The van der Waals surface area contributed by atoms with Crippen LogP contribution in [0.1, 0.15) is 10.5 Å². The van der Waals surface area contributed by atoms with Crippen molar-refractivity contribution in [3.05, 3.63) is 11.1 Å². The Hall–Kier alpha value is -1.54. The summed E-state index contributed by atoms with van der Waals surface area (Å²) in [5.74, 6) is -0.414. The maximum Gasteiger partial charge on any atom is 0.276 e. The van der Waals surface area contributed by atoms with Crippen LogP contribution < -0.4 is 10.6 Å². The van der Waals surface area contributed by atoms with E-state index < -0.39 is 6.04 Å². The fourth-order valence-corrected chi connectivity index (χ4v) is 2.18. The highest BCUT2D eigenvalue weighted by molar-refractivity contribution is 7.03. The van der Waals surface area contributed by atoms with Gasteiger partial charge in [-0.15, -0.1) is 5.10 Å². The lowest BCUT2D eigenvalue weighted by Crippen LogP contribution is -2.59. The molecule has 1 atom stereocenters. The number of nitrogens with zero attached hydrogens (tertiary/aromatic N) is 3. The summed E-state index contributed by atoms with van der Waals surface area (Å²) in [4.78, 5) is 25.3. The molecule has 2 N–H and O–H groups in total. The Kier molecular flexibility index (Phi) is 3.64. The third-order valence-electron chi connectivity index (χ3n) is 2.63. The minimum Gasteiger partial charge on any atom is -0.357 e. The summed E-state index contributed by atoms with van der Waals surface area (Å²) in [6, 6.07) is -0.483. The molecule has 1 fully saturated rings. The Labute approximate surface area is 102 Å². The van der Waals surface area contributed by atoms with Crippen LogP contribution in [0.2, 0.25) is 0 Å². The maximum absolute atomic E-state index is 12.1. The Morgan fingerprint density at radius 2 is 2.47 bits per heavy atom. The van der Waals surface area contributed by atoms with E-state index in [1.54, 1.807) is 12.4 Å². The SMILES string of the molecule is CNC(=O)C1CNCCN1C(=O)c1csnn1. The normalized spacial score (nSPS) is 20.1. The topological polar surface area (TPSA) is 87.2 Å². The number of hydrogen-bond acceptors (Lipinski definition) is 6. The van der Waals surface area contributed by atoms with E-state index in [0.717, 1.165) is 11.5 Å². The standard InChI is InChI=1S/C9H13N5O2S/c1-10-8(15)7-4-11-2-3-14(7)9(16)6-5-17-13-12-6/h5,7,11H,2-4H2,1H3,(H,10,15). The van der Waals surface area contributed by atoms with Gasteiger partial charge < -0.3 is 15.5 Å². The summed E-state index contributed by atoms with van der Waals surface area (Å²) in [7, 11) is 1.56. The highest BCUT2D eigenvalue weighted by Crippen LogP contribution is 2.09. The number of nitrogens with one attached hydrogen (secondary N) is 2. The van der Waals surface area contributed by atoms with Crippen LogP contribution >= 0.6 is 11.5 Å². The van der Waals surface area contributed by atoms with Crippen molar-refractivity contribution in [1.82, 2.24) is 25.1 Å². The van der Waals surface area contributed by atoms with Gasteiger partial charge in [-0.2, -0.15) is 0 Å². The van der Waals surface area contributed by atoms with Crippen molar-refractivity contribution in [3.8, 4) is 0 Å². The first-order valence-electron chi connectivity index (χ1n) is 5.24. The van der Waals surface area contributed by atoms with Crippen molar-refractivity contribution in [1.29, 1.82) is 0 Å². The lowest BCUT2D eigenvalue weighted by atomic mass is 10.1. The zero-order valence-electron chi connectivity index (χ0n) is 9.34. The van der Waals surface area contributed by atoms with Gasteiger partial charge in [0.1, 0.15) is 6.04 Å². The smallest absolute Gasteiger partial charge is 0.276 e. The summed E-state index contributed by atoms with van der Waals surface area (Å²) in [5, 5.41) is 11.0. The van der Waals surface area contributed by atoms with Gasteiger partial charge in [0, 0.05) is 32.1 Å². The number of piperazine rings is 1. The van der Waals surface area contributed by atoms with Gasteiger partial charge in [0.2, 0.25) is 5.91 Å². The van der Waals surface area contributed by atoms with Crippen LogP contribution in [0, 0.1) is 0 Å². The molecule has 0 aliphatic carbocycles. The van der Waals surface area contributed by atoms with Crippen LogP contribution in [0.25, 0.3) is 0 Å². The molecule has 1 aliphatic rings. The molecule has 1 unspecified atom stereocenters. The summed E-state index contributed by atoms with van der Waals surface area (Å²) < 4.78 is 3.66. The van der Waals surface area contributed by atoms with Gasteiger partial charge in [0.25, 0.3) is 5.91 Å². The number of likely N-dealkylation sites (N-methyl/N-ethyl adjacent to an activating group) is 1. The summed E-state index contributed by atoms with van der Waals surface area (Å²) in [5.41, 5.74) is 0.297. The second kappa shape index (κ2) is 5.19. The molecule has 0 aromatic carbocycles. The first-order valence-corrected chi connectivity index (χ1v) is 6.08. The van der Waals surface area contributed by atoms with E-state index in [1.807, 2.05) is 0 Å². The number of rotatable bonds is 2. The Balaban J connectivity index is 2.16.